The van der Waals surface area contributed by atoms with Gasteiger partial charge in [0.15, 0.2) is 0 Å². The van der Waals surface area contributed by atoms with Gasteiger partial charge >= 0.3 is 11.9 Å². The first-order chi connectivity index (χ1) is 9.32. The number of rotatable bonds is 5. The van der Waals surface area contributed by atoms with Crippen LogP contribution in [0.4, 0.5) is 0 Å². The van der Waals surface area contributed by atoms with Gasteiger partial charge in [-0.3, -0.25) is 4.79 Å². The first-order valence-corrected chi connectivity index (χ1v) is 7.03. The number of ether oxygens (including phenoxy) is 3. The van der Waals surface area contributed by atoms with Crippen LogP contribution in [0.3, 0.4) is 0 Å². The van der Waals surface area contributed by atoms with E-state index in [9.17, 15) is 9.59 Å². The molecular formula is C15H22O5. The Hall–Kier alpha value is -1.36. The van der Waals surface area contributed by atoms with Gasteiger partial charge in [-0.1, -0.05) is 6.58 Å². The number of esters is 2. The number of hydrogen-bond donors (Lipinski definition) is 0. The maximum atomic E-state index is 12.0. The smallest absolute Gasteiger partial charge is 0.333 e. The molecule has 112 valence electrons. The third-order valence-electron chi connectivity index (χ3n) is 3.97. The second-order valence-corrected chi connectivity index (χ2v) is 6.02. The van der Waals surface area contributed by atoms with E-state index in [1.54, 1.807) is 13.8 Å². The van der Waals surface area contributed by atoms with Crippen LogP contribution in [0.1, 0.15) is 40.0 Å². The molecule has 4 unspecified atom stereocenters. The SMILES string of the molecule is C=C(C)C(=O)OCC(C)OC(=O)C1CCC2(C)OC2C1. The molecule has 0 aromatic carbocycles. The molecule has 0 aromatic rings. The van der Waals surface area contributed by atoms with Crippen molar-refractivity contribution in [2.45, 2.75) is 57.8 Å². The molecule has 0 amide bonds. The van der Waals surface area contributed by atoms with E-state index in [1.165, 1.54) is 0 Å². The fourth-order valence-electron chi connectivity index (χ4n) is 2.50. The highest BCUT2D eigenvalue weighted by Gasteiger charge is 2.56. The topological polar surface area (TPSA) is 65.1 Å². The van der Waals surface area contributed by atoms with Crippen molar-refractivity contribution >= 4 is 11.9 Å². The number of fused-ring (bicyclic) bond motifs is 1. The Balaban J connectivity index is 1.71. The number of carbonyl (C=O) groups is 2. The van der Waals surface area contributed by atoms with Gasteiger partial charge in [-0.2, -0.15) is 0 Å². The van der Waals surface area contributed by atoms with Gasteiger partial charge in [-0.15, -0.1) is 0 Å². The zero-order chi connectivity index (χ0) is 14.9. The Bertz CT molecular complexity index is 430. The molecule has 2 rings (SSSR count). The summed E-state index contributed by atoms with van der Waals surface area (Å²) in [7, 11) is 0. The molecule has 1 aliphatic heterocycles. The first-order valence-electron chi connectivity index (χ1n) is 7.03. The fourth-order valence-corrected chi connectivity index (χ4v) is 2.50. The van der Waals surface area contributed by atoms with E-state index in [0.29, 0.717) is 5.57 Å². The summed E-state index contributed by atoms with van der Waals surface area (Å²) in [4.78, 5) is 23.3. The third-order valence-corrected chi connectivity index (χ3v) is 3.97. The molecule has 20 heavy (non-hydrogen) atoms. The van der Waals surface area contributed by atoms with Crippen LogP contribution in [0, 0.1) is 5.92 Å². The molecule has 0 radical (unpaired) electrons. The Labute approximate surface area is 119 Å². The second kappa shape index (κ2) is 5.56. The molecular weight excluding hydrogens is 260 g/mol. The average Bonchev–Trinajstić information content (AvgIpc) is 3.05. The van der Waals surface area contributed by atoms with E-state index in [2.05, 4.69) is 13.5 Å². The Morgan fingerprint density at radius 3 is 2.80 bits per heavy atom. The number of carbonyl (C=O) groups excluding carboxylic acids is 2. The van der Waals surface area contributed by atoms with Crippen LogP contribution in [0.15, 0.2) is 12.2 Å². The summed E-state index contributed by atoms with van der Waals surface area (Å²) in [5.41, 5.74) is 0.334. The van der Waals surface area contributed by atoms with E-state index >= 15 is 0 Å². The number of hydrogen-bond acceptors (Lipinski definition) is 5. The number of epoxide rings is 1. The molecule has 5 heteroatoms. The highest BCUT2D eigenvalue weighted by Crippen LogP contribution is 2.49. The van der Waals surface area contributed by atoms with Crippen molar-refractivity contribution < 1.29 is 23.8 Å². The van der Waals surface area contributed by atoms with Crippen LogP contribution in [0.25, 0.3) is 0 Å². The van der Waals surface area contributed by atoms with E-state index in [4.69, 9.17) is 14.2 Å². The van der Waals surface area contributed by atoms with Crippen LogP contribution >= 0.6 is 0 Å². The predicted molar refractivity (Wildman–Crippen MR) is 71.9 cm³/mol. The van der Waals surface area contributed by atoms with Gasteiger partial charge in [0.1, 0.15) is 12.7 Å². The highest BCUT2D eigenvalue weighted by atomic mass is 16.6. The van der Waals surface area contributed by atoms with Crippen molar-refractivity contribution in [1.29, 1.82) is 0 Å². The summed E-state index contributed by atoms with van der Waals surface area (Å²) in [6.45, 7) is 8.92. The van der Waals surface area contributed by atoms with Gasteiger partial charge in [-0.25, -0.2) is 4.79 Å². The molecule has 1 saturated heterocycles. The van der Waals surface area contributed by atoms with Crippen molar-refractivity contribution in [1.82, 2.24) is 0 Å². The molecule has 1 saturated carbocycles. The van der Waals surface area contributed by atoms with Crippen LogP contribution in [0.5, 0.6) is 0 Å². The Kier molecular flexibility index (Phi) is 4.18. The van der Waals surface area contributed by atoms with Crippen molar-refractivity contribution in [3.63, 3.8) is 0 Å². The lowest BCUT2D eigenvalue weighted by Crippen LogP contribution is -2.31. The minimum Gasteiger partial charge on any atom is -0.459 e. The summed E-state index contributed by atoms with van der Waals surface area (Å²) in [6.07, 6.45) is 2.18. The zero-order valence-corrected chi connectivity index (χ0v) is 12.3. The fraction of sp³-hybridized carbons (Fsp3) is 0.733. The van der Waals surface area contributed by atoms with E-state index in [-0.39, 0.29) is 30.2 Å². The molecule has 2 fully saturated rings. The highest BCUT2D eigenvalue weighted by molar-refractivity contribution is 5.86. The normalized spacial score (nSPS) is 32.8. The van der Waals surface area contributed by atoms with Crippen molar-refractivity contribution in [2.75, 3.05) is 6.61 Å². The molecule has 0 spiro atoms. The van der Waals surface area contributed by atoms with Gasteiger partial charge in [0, 0.05) is 5.57 Å². The summed E-state index contributed by atoms with van der Waals surface area (Å²) >= 11 is 0. The van der Waals surface area contributed by atoms with E-state index in [1.807, 2.05) is 0 Å². The molecule has 4 atom stereocenters. The molecule has 0 bridgehead atoms. The summed E-state index contributed by atoms with van der Waals surface area (Å²) < 4.78 is 15.8. The van der Waals surface area contributed by atoms with Crippen molar-refractivity contribution in [3.05, 3.63) is 12.2 Å². The quantitative estimate of drug-likeness (QED) is 0.438. The van der Waals surface area contributed by atoms with Gasteiger partial charge in [0.2, 0.25) is 0 Å². The second-order valence-electron chi connectivity index (χ2n) is 6.02. The maximum absolute atomic E-state index is 12.0. The van der Waals surface area contributed by atoms with Crippen LogP contribution in [-0.4, -0.2) is 36.4 Å². The lowest BCUT2D eigenvalue weighted by atomic mass is 9.83. The maximum Gasteiger partial charge on any atom is 0.333 e. The van der Waals surface area contributed by atoms with Gasteiger partial charge < -0.3 is 14.2 Å². The lowest BCUT2D eigenvalue weighted by molar-refractivity contribution is -0.160. The van der Waals surface area contributed by atoms with Crippen LogP contribution < -0.4 is 0 Å². The third kappa shape index (κ3) is 3.39. The summed E-state index contributed by atoms with van der Waals surface area (Å²) in [6, 6.07) is 0. The van der Waals surface area contributed by atoms with Crippen LogP contribution in [-0.2, 0) is 23.8 Å². The van der Waals surface area contributed by atoms with Gasteiger partial charge in [-0.05, 0) is 40.0 Å². The summed E-state index contributed by atoms with van der Waals surface area (Å²) in [5, 5.41) is 0. The van der Waals surface area contributed by atoms with E-state index < -0.39 is 12.1 Å². The molecule has 0 N–H and O–H groups in total. The molecule has 2 aliphatic rings. The molecule has 0 aromatic heterocycles. The van der Waals surface area contributed by atoms with Crippen molar-refractivity contribution in [2.24, 2.45) is 5.92 Å². The van der Waals surface area contributed by atoms with Crippen LogP contribution in [0.2, 0.25) is 0 Å². The van der Waals surface area contributed by atoms with Gasteiger partial charge in [0.25, 0.3) is 0 Å². The van der Waals surface area contributed by atoms with Gasteiger partial charge in [0.05, 0.1) is 17.6 Å². The predicted octanol–water partition coefficient (Wildman–Crippen LogP) is 2.00. The first kappa shape index (κ1) is 15.0. The molecule has 5 nitrogen and oxygen atoms in total. The van der Waals surface area contributed by atoms with Crippen molar-refractivity contribution in [3.8, 4) is 0 Å². The largest absolute Gasteiger partial charge is 0.459 e. The lowest BCUT2D eigenvalue weighted by Gasteiger charge is -2.22. The minimum atomic E-state index is -0.465. The zero-order valence-electron chi connectivity index (χ0n) is 12.3. The average molecular weight is 282 g/mol. The Morgan fingerprint density at radius 1 is 1.50 bits per heavy atom. The minimum absolute atomic E-state index is 0.000582. The monoisotopic (exact) mass is 282 g/mol. The molecule has 1 aliphatic carbocycles. The van der Waals surface area contributed by atoms with E-state index in [0.717, 1.165) is 19.3 Å². The Morgan fingerprint density at radius 2 is 2.20 bits per heavy atom. The standard InChI is InChI=1S/C15H22O5/c1-9(2)13(16)18-8-10(3)19-14(17)11-5-6-15(4)12(7-11)20-15/h10-12H,1,5-8H2,2-4H3. The molecule has 1 heterocycles. The summed E-state index contributed by atoms with van der Waals surface area (Å²) in [5.74, 6) is -0.788.